The zero-order chi connectivity index (χ0) is 13.0. The lowest BCUT2D eigenvalue weighted by molar-refractivity contribution is -0.150. The Morgan fingerprint density at radius 1 is 1.28 bits per heavy atom. The van der Waals surface area contributed by atoms with Crippen molar-refractivity contribution in [1.82, 2.24) is 5.32 Å². The number of Topliss-reactive ketones (excluding diaryl/α,β-unsaturated/α-hetero) is 1. The number of carbonyl (C=O) groups excluding carboxylic acids is 3. The monoisotopic (exact) mass is 247 g/mol. The lowest BCUT2D eigenvalue weighted by Gasteiger charge is -2.07. The van der Waals surface area contributed by atoms with Crippen molar-refractivity contribution in [1.29, 1.82) is 0 Å². The first-order valence-electron chi connectivity index (χ1n) is 5.71. The van der Waals surface area contributed by atoms with Gasteiger partial charge in [-0.15, -0.1) is 0 Å². The third kappa shape index (κ3) is 2.74. The first kappa shape index (κ1) is 12.3. The van der Waals surface area contributed by atoms with Gasteiger partial charge in [-0.05, 0) is 6.42 Å². The molecule has 1 atom stereocenters. The van der Waals surface area contributed by atoms with E-state index in [1.807, 2.05) is 0 Å². The highest BCUT2D eigenvalue weighted by Gasteiger charge is 2.32. The molecule has 5 heteroatoms. The summed E-state index contributed by atoms with van der Waals surface area (Å²) in [6.45, 7) is 0.151. The Morgan fingerprint density at radius 2 is 2.00 bits per heavy atom. The predicted octanol–water partition coefficient (Wildman–Crippen LogP) is 0.549. The van der Waals surface area contributed by atoms with Gasteiger partial charge in [-0.1, -0.05) is 30.3 Å². The topological polar surface area (TPSA) is 72.5 Å². The number of amides is 1. The summed E-state index contributed by atoms with van der Waals surface area (Å²) in [5.74, 6) is -2.00. The predicted molar refractivity (Wildman–Crippen MR) is 62.8 cm³/mol. The van der Waals surface area contributed by atoms with E-state index < -0.39 is 11.9 Å². The third-order valence-corrected chi connectivity index (χ3v) is 2.77. The fourth-order valence-electron chi connectivity index (χ4n) is 1.76. The Kier molecular flexibility index (Phi) is 3.72. The normalized spacial score (nSPS) is 18.2. The maximum absolute atomic E-state index is 11.7. The van der Waals surface area contributed by atoms with Crippen molar-refractivity contribution in [2.45, 2.75) is 6.42 Å². The van der Waals surface area contributed by atoms with Gasteiger partial charge in [-0.3, -0.25) is 14.4 Å². The van der Waals surface area contributed by atoms with E-state index in [1.54, 1.807) is 30.3 Å². The number of hydrogen-bond acceptors (Lipinski definition) is 4. The Bertz CT molecular complexity index is 469. The van der Waals surface area contributed by atoms with Crippen LogP contribution in [0.15, 0.2) is 30.3 Å². The van der Waals surface area contributed by atoms with Crippen LogP contribution >= 0.6 is 0 Å². The average Bonchev–Trinajstić information content (AvgIpc) is 2.83. The molecule has 1 aliphatic heterocycles. The molecule has 1 fully saturated rings. The highest BCUT2D eigenvalue weighted by molar-refractivity contribution is 6.01. The zero-order valence-corrected chi connectivity index (χ0v) is 9.72. The summed E-state index contributed by atoms with van der Waals surface area (Å²) in [7, 11) is 0. The molecule has 5 nitrogen and oxygen atoms in total. The zero-order valence-electron chi connectivity index (χ0n) is 9.72. The summed E-state index contributed by atoms with van der Waals surface area (Å²) in [5, 5.41) is 2.55. The Morgan fingerprint density at radius 3 is 2.61 bits per heavy atom. The molecular formula is C13H13NO4. The van der Waals surface area contributed by atoms with Crippen LogP contribution in [0.5, 0.6) is 0 Å². The second kappa shape index (κ2) is 5.44. The number of nitrogens with one attached hydrogen (secondary N) is 1. The van der Waals surface area contributed by atoms with Crippen molar-refractivity contribution in [3.05, 3.63) is 35.9 Å². The van der Waals surface area contributed by atoms with Gasteiger partial charge in [-0.25, -0.2) is 0 Å². The lowest BCUT2D eigenvalue weighted by Crippen LogP contribution is -2.28. The fraction of sp³-hybridized carbons (Fsp3) is 0.308. The second-order valence-corrected chi connectivity index (χ2v) is 4.03. The maximum atomic E-state index is 11.7. The lowest BCUT2D eigenvalue weighted by atomic mass is 10.1. The number of hydrogen-bond donors (Lipinski definition) is 1. The summed E-state index contributed by atoms with van der Waals surface area (Å²) < 4.78 is 4.86. The van der Waals surface area contributed by atoms with Crippen LogP contribution in [0.2, 0.25) is 0 Å². The van der Waals surface area contributed by atoms with Gasteiger partial charge < -0.3 is 10.1 Å². The van der Waals surface area contributed by atoms with Crippen LogP contribution in [0, 0.1) is 5.92 Å². The molecule has 1 aromatic carbocycles. The molecule has 1 aliphatic rings. The molecule has 0 saturated carbocycles. The quantitative estimate of drug-likeness (QED) is 0.479. The largest absolute Gasteiger partial charge is 0.457 e. The van der Waals surface area contributed by atoms with Gasteiger partial charge in [0.15, 0.2) is 12.4 Å². The summed E-state index contributed by atoms with van der Waals surface area (Å²) in [4.78, 5) is 34.5. The van der Waals surface area contributed by atoms with E-state index in [1.165, 1.54) is 0 Å². The minimum Gasteiger partial charge on any atom is -0.457 e. The first-order valence-corrected chi connectivity index (χ1v) is 5.71. The molecule has 2 rings (SSSR count). The SMILES string of the molecule is O=C(COC(=O)C1CCNC1=O)c1ccccc1. The number of benzene rings is 1. The van der Waals surface area contributed by atoms with Crippen molar-refractivity contribution in [3.63, 3.8) is 0 Å². The molecule has 0 aromatic heterocycles. The Balaban J connectivity index is 1.86. The molecule has 18 heavy (non-hydrogen) atoms. The molecule has 1 aromatic rings. The fourth-order valence-corrected chi connectivity index (χ4v) is 1.76. The van der Waals surface area contributed by atoms with Gasteiger partial charge in [0.05, 0.1) is 0 Å². The van der Waals surface area contributed by atoms with Crippen molar-refractivity contribution < 1.29 is 19.1 Å². The van der Waals surface area contributed by atoms with E-state index >= 15 is 0 Å². The molecule has 0 aliphatic carbocycles. The Hall–Kier alpha value is -2.17. The van der Waals surface area contributed by atoms with Gasteiger partial charge in [0.1, 0.15) is 5.92 Å². The molecule has 1 heterocycles. The maximum Gasteiger partial charge on any atom is 0.319 e. The standard InChI is InChI=1S/C13H13NO4/c15-11(9-4-2-1-3-5-9)8-18-13(17)10-6-7-14-12(10)16/h1-5,10H,6-8H2,(H,14,16). The van der Waals surface area contributed by atoms with E-state index in [-0.39, 0.29) is 18.3 Å². The Labute approximate surface area is 104 Å². The molecule has 94 valence electrons. The number of esters is 1. The molecule has 0 radical (unpaired) electrons. The van der Waals surface area contributed by atoms with E-state index in [2.05, 4.69) is 5.32 Å². The van der Waals surface area contributed by atoms with Gasteiger partial charge in [0, 0.05) is 12.1 Å². The summed E-state index contributed by atoms with van der Waals surface area (Å²) in [5.41, 5.74) is 0.487. The number of carbonyl (C=O) groups is 3. The molecule has 1 unspecified atom stereocenters. The van der Waals surface area contributed by atoms with E-state index in [4.69, 9.17) is 4.74 Å². The summed E-state index contributed by atoms with van der Waals surface area (Å²) >= 11 is 0. The van der Waals surface area contributed by atoms with Crippen LogP contribution in [0.25, 0.3) is 0 Å². The van der Waals surface area contributed by atoms with Crippen molar-refractivity contribution in [2.24, 2.45) is 5.92 Å². The summed E-state index contributed by atoms with van der Waals surface area (Å²) in [6.07, 6.45) is 0.428. The van der Waals surface area contributed by atoms with Gasteiger partial charge in [0.2, 0.25) is 5.91 Å². The number of rotatable bonds is 4. The van der Waals surface area contributed by atoms with E-state index in [0.29, 0.717) is 18.5 Å². The smallest absolute Gasteiger partial charge is 0.319 e. The minimum absolute atomic E-state index is 0.276. The van der Waals surface area contributed by atoms with E-state index in [0.717, 1.165) is 0 Å². The van der Waals surface area contributed by atoms with Crippen LogP contribution in [-0.2, 0) is 14.3 Å². The van der Waals surface area contributed by atoms with Crippen molar-refractivity contribution in [3.8, 4) is 0 Å². The van der Waals surface area contributed by atoms with Crippen molar-refractivity contribution in [2.75, 3.05) is 13.2 Å². The highest BCUT2D eigenvalue weighted by atomic mass is 16.5. The molecule has 0 bridgehead atoms. The van der Waals surface area contributed by atoms with Gasteiger partial charge >= 0.3 is 5.97 Å². The molecule has 1 amide bonds. The van der Waals surface area contributed by atoms with Crippen LogP contribution in [-0.4, -0.2) is 30.8 Å². The molecule has 0 spiro atoms. The molecule has 1 N–H and O–H groups in total. The minimum atomic E-state index is -0.770. The molecular weight excluding hydrogens is 234 g/mol. The van der Waals surface area contributed by atoms with Gasteiger partial charge in [-0.2, -0.15) is 0 Å². The second-order valence-electron chi connectivity index (χ2n) is 4.03. The van der Waals surface area contributed by atoms with Gasteiger partial charge in [0.25, 0.3) is 0 Å². The number of ether oxygens (including phenoxy) is 1. The van der Waals surface area contributed by atoms with Crippen LogP contribution in [0.1, 0.15) is 16.8 Å². The molecule has 1 saturated heterocycles. The van der Waals surface area contributed by atoms with E-state index in [9.17, 15) is 14.4 Å². The van der Waals surface area contributed by atoms with Crippen LogP contribution in [0.4, 0.5) is 0 Å². The van der Waals surface area contributed by atoms with Crippen LogP contribution < -0.4 is 5.32 Å². The first-order chi connectivity index (χ1) is 8.68. The third-order valence-electron chi connectivity index (χ3n) is 2.77. The average molecular weight is 247 g/mol. The highest BCUT2D eigenvalue weighted by Crippen LogP contribution is 2.11. The van der Waals surface area contributed by atoms with Crippen LogP contribution in [0.3, 0.4) is 0 Å². The van der Waals surface area contributed by atoms with Crippen molar-refractivity contribution >= 4 is 17.7 Å². The number of ketones is 1. The summed E-state index contributed by atoms with van der Waals surface area (Å²) in [6, 6.07) is 8.57.